The fourth-order valence-corrected chi connectivity index (χ4v) is 6.61. The third-order valence-electron chi connectivity index (χ3n) is 5.34. The summed E-state index contributed by atoms with van der Waals surface area (Å²) in [4.78, 5) is 4.61. The number of hydrogen-bond acceptors (Lipinski definition) is 3. The van der Waals surface area contributed by atoms with Gasteiger partial charge in [-0.2, -0.15) is 0 Å². The number of pyridine rings is 1. The van der Waals surface area contributed by atoms with Gasteiger partial charge in [-0.25, -0.2) is 4.98 Å². The molecule has 102 valence electrons. The molecular formula is C16H22N2S. The van der Waals surface area contributed by atoms with Gasteiger partial charge in [-0.3, -0.25) is 0 Å². The summed E-state index contributed by atoms with van der Waals surface area (Å²) < 4.78 is 0.520. The van der Waals surface area contributed by atoms with Gasteiger partial charge in [0.15, 0.2) is 0 Å². The van der Waals surface area contributed by atoms with Crippen LogP contribution in [0.15, 0.2) is 23.4 Å². The smallest absolute Gasteiger partial charge is 0.0965 e. The molecule has 0 radical (unpaired) electrons. The highest BCUT2D eigenvalue weighted by molar-refractivity contribution is 8.00. The second-order valence-electron chi connectivity index (χ2n) is 6.91. The van der Waals surface area contributed by atoms with E-state index in [-0.39, 0.29) is 0 Å². The van der Waals surface area contributed by atoms with Crippen molar-refractivity contribution in [2.75, 3.05) is 0 Å². The minimum absolute atomic E-state index is 0.520. The van der Waals surface area contributed by atoms with Crippen molar-refractivity contribution in [1.82, 2.24) is 4.98 Å². The van der Waals surface area contributed by atoms with E-state index in [1.54, 1.807) is 0 Å². The molecule has 4 bridgehead atoms. The predicted octanol–water partition coefficient (Wildman–Crippen LogP) is 3.60. The topological polar surface area (TPSA) is 38.9 Å². The molecule has 4 fully saturated rings. The molecule has 3 heteroatoms. The van der Waals surface area contributed by atoms with Crippen molar-refractivity contribution in [1.29, 1.82) is 0 Å². The van der Waals surface area contributed by atoms with E-state index in [2.05, 4.69) is 28.9 Å². The first kappa shape index (κ1) is 12.2. The molecule has 19 heavy (non-hydrogen) atoms. The van der Waals surface area contributed by atoms with Crippen molar-refractivity contribution in [2.45, 2.75) is 54.8 Å². The van der Waals surface area contributed by atoms with Gasteiger partial charge >= 0.3 is 0 Å². The highest BCUT2D eigenvalue weighted by Gasteiger charge is 2.51. The van der Waals surface area contributed by atoms with E-state index >= 15 is 0 Å². The van der Waals surface area contributed by atoms with Gasteiger partial charge in [0.05, 0.1) is 5.03 Å². The molecule has 4 saturated carbocycles. The van der Waals surface area contributed by atoms with Crippen molar-refractivity contribution in [3.05, 3.63) is 23.9 Å². The minimum atomic E-state index is 0.520. The fourth-order valence-electron chi connectivity index (χ4n) is 4.97. The minimum Gasteiger partial charge on any atom is -0.326 e. The normalized spacial score (nSPS) is 39.7. The molecule has 0 atom stereocenters. The number of hydrogen-bond donors (Lipinski definition) is 1. The molecule has 0 unspecified atom stereocenters. The Morgan fingerprint density at radius 1 is 1.11 bits per heavy atom. The Bertz CT molecular complexity index is 433. The van der Waals surface area contributed by atoms with Gasteiger partial charge in [0, 0.05) is 17.5 Å². The van der Waals surface area contributed by atoms with E-state index < -0.39 is 0 Å². The molecule has 1 aromatic rings. The average Bonchev–Trinajstić information content (AvgIpc) is 2.37. The first-order valence-corrected chi connectivity index (χ1v) is 8.40. The molecular weight excluding hydrogens is 252 g/mol. The lowest BCUT2D eigenvalue weighted by atomic mass is 9.56. The summed E-state index contributed by atoms with van der Waals surface area (Å²) in [5.41, 5.74) is 6.77. The van der Waals surface area contributed by atoms with Crippen LogP contribution in [0, 0.1) is 17.8 Å². The zero-order chi connectivity index (χ0) is 12.9. The molecule has 0 saturated heterocycles. The molecule has 1 aromatic heterocycles. The lowest BCUT2D eigenvalue weighted by Crippen LogP contribution is -2.48. The third kappa shape index (κ3) is 2.21. The van der Waals surface area contributed by atoms with Crippen molar-refractivity contribution in [3.8, 4) is 0 Å². The van der Waals surface area contributed by atoms with Gasteiger partial charge < -0.3 is 5.73 Å². The van der Waals surface area contributed by atoms with Gasteiger partial charge in [0.2, 0.25) is 0 Å². The van der Waals surface area contributed by atoms with Crippen LogP contribution in [0.2, 0.25) is 0 Å². The summed E-state index contributed by atoms with van der Waals surface area (Å²) >= 11 is 2.07. The predicted molar refractivity (Wildman–Crippen MR) is 78.9 cm³/mol. The Morgan fingerprint density at radius 3 is 2.21 bits per heavy atom. The molecule has 0 amide bonds. The summed E-state index contributed by atoms with van der Waals surface area (Å²) in [6, 6.07) is 4.31. The van der Waals surface area contributed by atoms with Gasteiger partial charge in [-0.15, -0.1) is 0 Å². The van der Waals surface area contributed by atoms with Gasteiger partial charge in [0.1, 0.15) is 0 Å². The van der Waals surface area contributed by atoms with Crippen molar-refractivity contribution in [3.63, 3.8) is 0 Å². The number of nitrogens with zero attached hydrogens (tertiary/aromatic N) is 1. The van der Waals surface area contributed by atoms with E-state index in [1.807, 2.05) is 6.20 Å². The van der Waals surface area contributed by atoms with Crippen LogP contribution in [0.1, 0.15) is 44.1 Å². The maximum Gasteiger partial charge on any atom is 0.0965 e. The molecule has 5 rings (SSSR count). The maximum absolute atomic E-state index is 5.64. The monoisotopic (exact) mass is 274 g/mol. The first-order chi connectivity index (χ1) is 9.25. The lowest BCUT2D eigenvalue weighted by molar-refractivity contribution is 0.0383. The summed E-state index contributed by atoms with van der Waals surface area (Å²) in [5.74, 6) is 3.05. The van der Waals surface area contributed by atoms with Gasteiger partial charge in [-0.05, 0) is 67.9 Å². The number of aromatic nitrogens is 1. The summed E-state index contributed by atoms with van der Waals surface area (Å²) in [7, 11) is 0. The van der Waals surface area contributed by atoms with Crippen LogP contribution in [0.25, 0.3) is 0 Å². The van der Waals surface area contributed by atoms with E-state index in [9.17, 15) is 0 Å². The molecule has 0 spiro atoms. The van der Waals surface area contributed by atoms with Crippen LogP contribution in [-0.2, 0) is 6.54 Å². The second-order valence-corrected chi connectivity index (χ2v) is 8.40. The third-order valence-corrected chi connectivity index (χ3v) is 6.72. The van der Waals surface area contributed by atoms with E-state index in [0.29, 0.717) is 11.3 Å². The van der Waals surface area contributed by atoms with Gasteiger partial charge in [0.25, 0.3) is 0 Å². The fraction of sp³-hybridized carbons (Fsp3) is 0.688. The molecule has 4 aliphatic carbocycles. The van der Waals surface area contributed by atoms with Crippen LogP contribution >= 0.6 is 11.8 Å². The van der Waals surface area contributed by atoms with Crippen LogP contribution in [0.5, 0.6) is 0 Å². The van der Waals surface area contributed by atoms with E-state index in [0.717, 1.165) is 23.3 Å². The Labute approximate surface area is 119 Å². The average molecular weight is 274 g/mol. The van der Waals surface area contributed by atoms with Gasteiger partial charge in [-0.1, -0.05) is 17.8 Å². The Hall–Kier alpha value is -0.540. The van der Waals surface area contributed by atoms with Crippen LogP contribution in [-0.4, -0.2) is 9.73 Å². The summed E-state index contributed by atoms with van der Waals surface area (Å²) in [6.07, 6.45) is 10.8. The second kappa shape index (κ2) is 4.49. The van der Waals surface area contributed by atoms with E-state index in [4.69, 9.17) is 5.73 Å². The lowest BCUT2D eigenvalue weighted by Gasteiger charge is -2.56. The number of thioether (sulfide) groups is 1. The van der Waals surface area contributed by atoms with Crippen molar-refractivity contribution < 1.29 is 0 Å². The molecule has 2 nitrogen and oxygen atoms in total. The largest absolute Gasteiger partial charge is 0.326 e. The van der Waals surface area contributed by atoms with E-state index in [1.165, 1.54) is 43.6 Å². The highest BCUT2D eigenvalue weighted by atomic mass is 32.2. The molecule has 0 aromatic carbocycles. The van der Waals surface area contributed by atoms with Crippen molar-refractivity contribution >= 4 is 11.8 Å². The molecule has 1 heterocycles. The maximum atomic E-state index is 5.64. The Balaban J connectivity index is 1.55. The quantitative estimate of drug-likeness (QED) is 0.915. The zero-order valence-corrected chi connectivity index (χ0v) is 12.2. The van der Waals surface area contributed by atoms with Crippen LogP contribution in [0.3, 0.4) is 0 Å². The standard InChI is InChI=1S/C16H22N2S/c17-9-11-1-2-15(18-10-11)19-16-6-12-3-13(7-16)5-14(4-12)8-16/h1-2,10,12-14H,3-9,17H2. The number of rotatable bonds is 3. The van der Waals surface area contributed by atoms with Crippen LogP contribution < -0.4 is 5.73 Å². The SMILES string of the molecule is NCc1ccc(SC23CC4CC(CC(C4)C2)C3)nc1. The Kier molecular flexibility index (Phi) is 2.89. The zero-order valence-electron chi connectivity index (χ0n) is 11.3. The highest BCUT2D eigenvalue weighted by Crippen LogP contribution is 2.61. The van der Waals surface area contributed by atoms with Crippen LogP contribution in [0.4, 0.5) is 0 Å². The Morgan fingerprint density at radius 2 is 1.74 bits per heavy atom. The summed E-state index contributed by atoms with van der Waals surface area (Å²) in [6.45, 7) is 0.593. The summed E-state index contributed by atoms with van der Waals surface area (Å²) in [5, 5.41) is 1.21. The molecule has 4 aliphatic rings. The van der Waals surface area contributed by atoms with Crippen molar-refractivity contribution in [2.24, 2.45) is 23.5 Å². The number of nitrogens with two attached hydrogens (primary N) is 1. The first-order valence-electron chi connectivity index (χ1n) is 7.59. The molecule has 2 N–H and O–H groups in total. The molecule has 0 aliphatic heterocycles.